The molecule has 0 radical (unpaired) electrons. The minimum absolute atomic E-state index is 0.0616. The van der Waals surface area contributed by atoms with E-state index in [9.17, 15) is 14.5 Å². The van der Waals surface area contributed by atoms with Crippen molar-refractivity contribution in [1.29, 1.82) is 0 Å². The van der Waals surface area contributed by atoms with E-state index in [2.05, 4.69) is 5.32 Å². The van der Waals surface area contributed by atoms with Crippen LogP contribution in [0.15, 0.2) is 42.5 Å². The van der Waals surface area contributed by atoms with Gasteiger partial charge < -0.3 is 5.32 Å². The summed E-state index contributed by atoms with van der Waals surface area (Å²) in [5, 5.41) is 14.4. The lowest BCUT2D eigenvalue weighted by Gasteiger charge is -2.16. The second kappa shape index (κ2) is 6.54. The highest BCUT2D eigenvalue weighted by molar-refractivity contribution is 6.33. The minimum Gasteiger partial charge on any atom is -0.375 e. The lowest BCUT2D eigenvalue weighted by molar-refractivity contribution is -0.384. The molecule has 0 heterocycles. The molecule has 0 aliphatic heterocycles. The first-order chi connectivity index (χ1) is 9.97. The van der Waals surface area contributed by atoms with E-state index < -0.39 is 4.92 Å². The maximum absolute atomic E-state index is 12.9. The zero-order valence-corrected chi connectivity index (χ0v) is 12.1. The van der Waals surface area contributed by atoms with Gasteiger partial charge in [0.2, 0.25) is 0 Å². The molecule has 0 saturated heterocycles. The molecule has 0 spiro atoms. The number of anilines is 1. The number of nitrogens with one attached hydrogen (secondary N) is 1. The third kappa shape index (κ3) is 3.92. The Kier molecular flexibility index (Phi) is 4.75. The third-order valence-electron chi connectivity index (χ3n) is 3.03. The van der Waals surface area contributed by atoms with Gasteiger partial charge in [0.05, 0.1) is 9.95 Å². The molecule has 0 aliphatic rings. The molecule has 0 aliphatic carbocycles. The second-order valence-corrected chi connectivity index (χ2v) is 5.17. The summed E-state index contributed by atoms with van der Waals surface area (Å²) in [6.07, 6.45) is 0.600. The molecule has 21 heavy (non-hydrogen) atoms. The Morgan fingerprint density at radius 1 is 1.29 bits per heavy atom. The zero-order valence-electron chi connectivity index (χ0n) is 11.3. The third-order valence-corrected chi connectivity index (χ3v) is 3.35. The number of hydrogen-bond donors (Lipinski definition) is 1. The van der Waals surface area contributed by atoms with Crippen LogP contribution in [0.3, 0.4) is 0 Å². The Bertz CT molecular complexity index is 647. The molecule has 4 nitrogen and oxygen atoms in total. The monoisotopic (exact) mass is 308 g/mol. The Morgan fingerprint density at radius 3 is 2.57 bits per heavy atom. The maximum atomic E-state index is 12.9. The van der Waals surface area contributed by atoms with Gasteiger partial charge in [0.1, 0.15) is 11.5 Å². The van der Waals surface area contributed by atoms with Gasteiger partial charge in [-0.2, -0.15) is 0 Å². The van der Waals surface area contributed by atoms with Crippen molar-refractivity contribution in [2.75, 3.05) is 5.32 Å². The summed E-state index contributed by atoms with van der Waals surface area (Å²) in [5.74, 6) is -0.291. The number of para-hydroxylation sites is 1. The van der Waals surface area contributed by atoms with Crippen LogP contribution >= 0.6 is 11.6 Å². The van der Waals surface area contributed by atoms with E-state index in [0.717, 1.165) is 5.56 Å². The highest BCUT2D eigenvalue weighted by Crippen LogP contribution is 2.32. The van der Waals surface area contributed by atoms with Gasteiger partial charge in [-0.1, -0.05) is 29.8 Å². The molecule has 2 rings (SSSR count). The smallest absolute Gasteiger partial charge is 0.293 e. The molecule has 110 valence electrons. The molecule has 2 aromatic carbocycles. The molecule has 0 saturated carbocycles. The van der Waals surface area contributed by atoms with E-state index in [1.165, 1.54) is 24.3 Å². The van der Waals surface area contributed by atoms with Gasteiger partial charge in [-0.3, -0.25) is 10.1 Å². The summed E-state index contributed by atoms with van der Waals surface area (Å²) >= 11 is 6.02. The Morgan fingerprint density at radius 2 is 1.95 bits per heavy atom. The second-order valence-electron chi connectivity index (χ2n) is 4.77. The molecule has 1 unspecified atom stereocenters. The SMILES string of the molecule is CC(Cc1ccc(F)cc1)Nc1c(Cl)cccc1[N+](=O)[O-]. The average molecular weight is 309 g/mol. The van der Waals surface area contributed by atoms with E-state index in [1.54, 1.807) is 18.2 Å². The van der Waals surface area contributed by atoms with Gasteiger partial charge in [-0.15, -0.1) is 0 Å². The van der Waals surface area contributed by atoms with Crippen molar-refractivity contribution in [3.63, 3.8) is 0 Å². The van der Waals surface area contributed by atoms with Crippen molar-refractivity contribution < 1.29 is 9.31 Å². The lowest BCUT2D eigenvalue weighted by Crippen LogP contribution is -2.19. The van der Waals surface area contributed by atoms with Crippen molar-refractivity contribution >= 4 is 23.0 Å². The first kappa shape index (κ1) is 15.3. The van der Waals surface area contributed by atoms with Crippen molar-refractivity contribution in [3.05, 3.63) is 69.0 Å². The maximum Gasteiger partial charge on any atom is 0.293 e. The first-order valence-electron chi connectivity index (χ1n) is 6.41. The summed E-state index contributed by atoms with van der Waals surface area (Å²) in [4.78, 5) is 10.5. The molecule has 1 N–H and O–H groups in total. The number of hydrogen-bond acceptors (Lipinski definition) is 3. The predicted molar refractivity (Wildman–Crippen MR) is 81.3 cm³/mol. The highest BCUT2D eigenvalue weighted by atomic mass is 35.5. The van der Waals surface area contributed by atoms with Gasteiger partial charge in [0.15, 0.2) is 0 Å². The van der Waals surface area contributed by atoms with E-state index in [0.29, 0.717) is 17.1 Å². The number of halogens is 2. The summed E-state index contributed by atoms with van der Waals surface area (Å²) < 4.78 is 12.9. The standard InChI is InChI=1S/C15H14ClFN2O2/c1-10(9-11-5-7-12(17)8-6-11)18-15-13(16)3-2-4-14(15)19(20)21/h2-8,10,18H,9H2,1H3. The highest BCUT2D eigenvalue weighted by Gasteiger charge is 2.18. The molecule has 0 fully saturated rings. The van der Waals surface area contributed by atoms with Crippen LogP contribution in [0.2, 0.25) is 5.02 Å². The van der Waals surface area contributed by atoms with Gasteiger partial charge >= 0.3 is 0 Å². The number of nitro benzene ring substituents is 1. The molecule has 0 aromatic heterocycles. The number of rotatable bonds is 5. The molecular weight excluding hydrogens is 295 g/mol. The predicted octanol–water partition coefficient (Wildman–Crippen LogP) is 4.43. The normalized spacial score (nSPS) is 12.0. The fourth-order valence-corrected chi connectivity index (χ4v) is 2.30. The quantitative estimate of drug-likeness (QED) is 0.656. The van der Waals surface area contributed by atoms with Crippen molar-refractivity contribution in [2.45, 2.75) is 19.4 Å². The van der Waals surface area contributed by atoms with Crippen LogP contribution in [0, 0.1) is 15.9 Å². The van der Waals surface area contributed by atoms with Crippen LogP contribution in [-0.2, 0) is 6.42 Å². The van der Waals surface area contributed by atoms with E-state index in [1.807, 2.05) is 6.92 Å². The first-order valence-corrected chi connectivity index (χ1v) is 6.79. The Balaban J connectivity index is 2.14. The van der Waals surface area contributed by atoms with Gasteiger partial charge in [0.25, 0.3) is 5.69 Å². The average Bonchev–Trinajstić information content (AvgIpc) is 2.43. The fourth-order valence-electron chi connectivity index (χ4n) is 2.08. The van der Waals surface area contributed by atoms with E-state index in [-0.39, 0.29) is 17.5 Å². The summed E-state index contributed by atoms with van der Waals surface area (Å²) in [7, 11) is 0. The minimum atomic E-state index is -0.473. The molecule has 6 heteroatoms. The van der Waals surface area contributed by atoms with Crippen LogP contribution in [0.25, 0.3) is 0 Å². The van der Waals surface area contributed by atoms with E-state index >= 15 is 0 Å². The van der Waals surface area contributed by atoms with Gasteiger partial charge in [-0.05, 0) is 37.1 Å². The molecule has 0 amide bonds. The molecule has 2 aromatic rings. The van der Waals surface area contributed by atoms with Crippen molar-refractivity contribution in [3.8, 4) is 0 Å². The number of nitro groups is 1. The zero-order chi connectivity index (χ0) is 15.4. The number of nitrogens with zero attached hydrogens (tertiary/aromatic N) is 1. The fraction of sp³-hybridized carbons (Fsp3) is 0.200. The molecular formula is C15H14ClFN2O2. The van der Waals surface area contributed by atoms with Crippen molar-refractivity contribution in [2.24, 2.45) is 0 Å². The van der Waals surface area contributed by atoms with Crippen LogP contribution < -0.4 is 5.32 Å². The Hall–Kier alpha value is -2.14. The van der Waals surface area contributed by atoms with Crippen LogP contribution in [0.4, 0.5) is 15.8 Å². The van der Waals surface area contributed by atoms with Gasteiger partial charge in [-0.25, -0.2) is 4.39 Å². The van der Waals surface area contributed by atoms with E-state index in [4.69, 9.17) is 11.6 Å². The number of benzene rings is 2. The topological polar surface area (TPSA) is 55.2 Å². The summed E-state index contributed by atoms with van der Waals surface area (Å²) in [6, 6.07) is 10.6. The van der Waals surface area contributed by atoms with Crippen LogP contribution in [0.5, 0.6) is 0 Å². The summed E-state index contributed by atoms with van der Waals surface area (Å²) in [6.45, 7) is 1.89. The molecule has 1 atom stereocenters. The van der Waals surface area contributed by atoms with Crippen LogP contribution in [-0.4, -0.2) is 11.0 Å². The Labute approximate surface area is 126 Å². The summed E-state index contributed by atoms with van der Waals surface area (Å²) in [5.41, 5.74) is 1.18. The van der Waals surface area contributed by atoms with Gasteiger partial charge in [0, 0.05) is 12.1 Å². The lowest BCUT2D eigenvalue weighted by atomic mass is 10.1. The van der Waals surface area contributed by atoms with Crippen LogP contribution in [0.1, 0.15) is 12.5 Å². The largest absolute Gasteiger partial charge is 0.375 e. The van der Waals surface area contributed by atoms with Crippen molar-refractivity contribution in [1.82, 2.24) is 0 Å². The molecule has 0 bridgehead atoms.